The van der Waals surface area contributed by atoms with E-state index in [0.717, 1.165) is 24.2 Å². The summed E-state index contributed by atoms with van der Waals surface area (Å²) in [7, 11) is 1.56. The van der Waals surface area contributed by atoms with Crippen molar-refractivity contribution in [1.29, 1.82) is 0 Å². The van der Waals surface area contributed by atoms with E-state index in [1.54, 1.807) is 30.2 Å². The number of aryl methyl sites for hydroxylation is 1. The quantitative estimate of drug-likeness (QED) is 0.891. The second-order valence-electron chi connectivity index (χ2n) is 5.93. The molecular weight excluding hydrogens is 318 g/mol. The molecule has 0 aliphatic carbocycles. The average molecular weight is 339 g/mol. The summed E-state index contributed by atoms with van der Waals surface area (Å²) in [5.41, 5.74) is 3.11. The number of carbonyl (C=O) groups excluding carboxylic acids is 2. The van der Waals surface area contributed by atoms with E-state index in [4.69, 9.17) is 4.74 Å². The molecule has 0 spiro atoms. The molecule has 6 nitrogen and oxygen atoms in total. The summed E-state index contributed by atoms with van der Waals surface area (Å²) in [6.07, 6.45) is 1.49. The van der Waals surface area contributed by atoms with E-state index in [2.05, 4.69) is 10.6 Å². The molecule has 1 heterocycles. The summed E-state index contributed by atoms with van der Waals surface area (Å²) in [5, 5.41) is 5.57. The number of hydrogen-bond acceptors (Lipinski definition) is 3. The highest BCUT2D eigenvalue weighted by Gasteiger charge is 2.23. The number of rotatable bonds is 4. The molecule has 0 atom stereocenters. The van der Waals surface area contributed by atoms with Crippen LogP contribution in [0.25, 0.3) is 0 Å². The van der Waals surface area contributed by atoms with Gasteiger partial charge >= 0.3 is 6.03 Å². The molecule has 1 fully saturated rings. The molecule has 0 bridgehead atoms. The Hall–Kier alpha value is -3.02. The van der Waals surface area contributed by atoms with Crippen molar-refractivity contribution in [2.75, 3.05) is 29.2 Å². The third-order valence-corrected chi connectivity index (χ3v) is 4.17. The highest BCUT2D eigenvalue weighted by atomic mass is 16.5. The van der Waals surface area contributed by atoms with Gasteiger partial charge in [0.15, 0.2) is 0 Å². The van der Waals surface area contributed by atoms with E-state index in [1.807, 2.05) is 31.2 Å². The maximum atomic E-state index is 12.2. The fraction of sp³-hybridized carbons (Fsp3) is 0.263. The Bertz CT molecular complexity index is 804. The fourth-order valence-corrected chi connectivity index (χ4v) is 2.97. The first kappa shape index (κ1) is 16.8. The van der Waals surface area contributed by atoms with Gasteiger partial charge in [0.25, 0.3) is 0 Å². The Morgan fingerprint density at radius 1 is 1.16 bits per heavy atom. The minimum atomic E-state index is -0.353. The first-order chi connectivity index (χ1) is 12.1. The lowest BCUT2D eigenvalue weighted by atomic mass is 10.1. The Balaban J connectivity index is 1.69. The Kier molecular flexibility index (Phi) is 4.88. The van der Waals surface area contributed by atoms with Gasteiger partial charge in [-0.3, -0.25) is 4.79 Å². The number of amides is 3. The highest BCUT2D eigenvalue weighted by Crippen LogP contribution is 2.28. The van der Waals surface area contributed by atoms with Crippen LogP contribution in [-0.4, -0.2) is 25.6 Å². The largest absolute Gasteiger partial charge is 0.495 e. The summed E-state index contributed by atoms with van der Waals surface area (Å²) < 4.78 is 5.22. The van der Waals surface area contributed by atoms with Gasteiger partial charge in [-0.1, -0.05) is 12.1 Å². The minimum absolute atomic E-state index is 0.151. The number of anilines is 3. The lowest BCUT2D eigenvalue weighted by molar-refractivity contribution is -0.117. The number of hydrogen-bond donors (Lipinski definition) is 2. The maximum absolute atomic E-state index is 12.2. The molecule has 2 aromatic carbocycles. The number of nitrogens with one attached hydrogen (secondary N) is 2. The molecule has 25 heavy (non-hydrogen) atoms. The zero-order chi connectivity index (χ0) is 17.8. The SMILES string of the molecule is COc1ccccc1NC(=O)Nc1ccc(N2CCCC2=O)c(C)c1. The van der Waals surface area contributed by atoms with Gasteiger partial charge in [0.05, 0.1) is 12.8 Å². The van der Waals surface area contributed by atoms with Crippen molar-refractivity contribution in [3.63, 3.8) is 0 Å². The standard InChI is InChI=1S/C19H21N3O3/c1-13-12-14(9-10-16(13)22-11-5-8-18(22)23)20-19(24)21-15-6-3-4-7-17(15)25-2/h3-4,6-7,9-10,12H,5,8,11H2,1-2H3,(H2,20,21,24). The summed E-state index contributed by atoms with van der Waals surface area (Å²) in [6, 6.07) is 12.4. The summed E-state index contributed by atoms with van der Waals surface area (Å²) >= 11 is 0. The molecule has 0 saturated carbocycles. The van der Waals surface area contributed by atoms with Crippen LogP contribution in [0.1, 0.15) is 18.4 Å². The molecule has 1 aliphatic heterocycles. The van der Waals surface area contributed by atoms with E-state index >= 15 is 0 Å². The molecule has 130 valence electrons. The summed E-state index contributed by atoms with van der Waals surface area (Å²) in [5.74, 6) is 0.745. The normalized spacial score (nSPS) is 13.7. The van der Waals surface area contributed by atoms with Gasteiger partial charge in [-0.05, 0) is 49.2 Å². The Morgan fingerprint density at radius 3 is 2.64 bits per heavy atom. The van der Waals surface area contributed by atoms with Crippen molar-refractivity contribution < 1.29 is 14.3 Å². The zero-order valence-electron chi connectivity index (χ0n) is 14.3. The number of para-hydroxylation sites is 2. The van der Waals surface area contributed by atoms with E-state index in [-0.39, 0.29) is 11.9 Å². The maximum Gasteiger partial charge on any atom is 0.323 e. The second kappa shape index (κ2) is 7.25. The van der Waals surface area contributed by atoms with Crippen LogP contribution in [0.5, 0.6) is 5.75 Å². The van der Waals surface area contributed by atoms with Gasteiger partial charge in [-0.25, -0.2) is 4.79 Å². The van der Waals surface area contributed by atoms with Crippen LogP contribution < -0.4 is 20.3 Å². The van der Waals surface area contributed by atoms with Gasteiger partial charge in [-0.2, -0.15) is 0 Å². The number of nitrogens with zero attached hydrogens (tertiary/aromatic N) is 1. The van der Waals surface area contributed by atoms with Crippen LogP contribution in [0, 0.1) is 6.92 Å². The summed E-state index contributed by atoms with van der Waals surface area (Å²) in [6.45, 7) is 2.69. The zero-order valence-corrected chi connectivity index (χ0v) is 14.3. The number of ether oxygens (including phenoxy) is 1. The lowest BCUT2D eigenvalue weighted by Gasteiger charge is -2.19. The number of urea groups is 1. The van der Waals surface area contributed by atoms with Crippen LogP contribution in [0.2, 0.25) is 0 Å². The second-order valence-corrected chi connectivity index (χ2v) is 5.93. The smallest absolute Gasteiger partial charge is 0.323 e. The summed E-state index contributed by atoms with van der Waals surface area (Å²) in [4.78, 5) is 25.9. The van der Waals surface area contributed by atoms with Crippen LogP contribution in [0.15, 0.2) is 42.5 Å². The number of benzene rings is 2. The van der Waals surface area contributed by atoms with E-state index < -0.39 is 0 Å². The molecule has 3 rings (SSSR count). The molecule has 6 heteroatoms. The first-order valence-corrected chi connectivity index (χ1v) is 8.20. The third-order valence-electron chi connectivity index (χ3n) is 4.17. The van der Waals surface area contributed by atoms with Crippen LogP contribution in [-0.2, 0) is 4.79 Å². The van der Waals surface area contributed by atoms with Crippen molar-refractivity contribution in [2.45, 2.75) is 19.8 Å². The molecule has 3 amide bonds. The van der Waals surface area contributed by atoms with Gasteiger partial charge in [0.1, 0.15) is 5.75 Å². The topological polar surface area (TPSA) is 70.7 Å². The third kappa shape index (κ3) is 3.74. The van der Waals surface area contributed by atoms with Crippen molar-refractivity contribution in [2.24, 2.45) is 0 Å². The fourth-order valence-electron chi connectivity index (χ4n) is 2.97. The minimum Gasteiger partial charge on any atom is -0.495 e. The van der Waals surface area contributed by atoms with Gasteiger partial charge < -0.3 is 20.3 Å². The Morgan fingerprint density at radius 2 is 1.96 bits per heavy atom. The van der Waals surface area contributed by atoms with Crippen LogP contribution >= 0.6 is 0 Å². The first-order valence-electron chi connectivity index (χ1n) is 8.20. The molecule has 0 aromatic heterocycles. The van der Waals surface area contributed by atoms with Crippen molar-refractivity contribution >= 4 is 29.0 Å². The molecule has 0 unspecified atom stereocenters. The average Bonchev–Trinajstić information content (AvgIpc) is 3.01. The lowest BCUT2D eigenvalue weighted by Crippen LogP contribution is -2.24. The molecule has 2 aromatic rings. The van der Waals surface area contributed by atoms with E-state index in [0.29, 0.717) is 23.5 Å². The van der Waals surface area contributed by atoms with Gasteiger partial charge in [0, 0.05) is 24.3 Å². The van der Waals surface area contributed by atoms with E-state index in [1.165, 1.54) is 0 Å². The number of methoxy groups -OCH3 is 1. The predicted molar refractivity (Wildman–Crippen MR) is 98.4 cm³/mol. The highest BCUT2D eigenvalue weighted by molar-refractivity contribution is 6.01. The Labute approximate surface area is 146 Å². The van der Waals surface area contributed by atoms with Crippen LogP contribution in [0.3, 0.4) is 0 Å². The monoisotopic (exact) mass is 339 g/mol. The van der Waals surface area contributed by atoms with Crippen LogP contribution in [0.4, 0.5) is 21.9 Å². The van der Waals surface area contributed by atoms with Gasteiger partial charge in [-0.15, -0.1) is 0 Å². The predicted octanol–water partition coefficient (Wildman–Crippen LogP) is 3.77. The van der Waals surface area contributed by atoms with Crippen molar-refractivity contribution in [1.82, 2.24) is 0 Å². The molecular formula is C19H21N3O3. The van der Waals surface area contributed by atoms with Gasteiger partial charge in [0.2, 0.25) is 5.91 Å². The molecule has 1 aliphatic rings. The van der Waals surface area contributed by atoms with E-state index in [9.17, 15) is 9.59 Å². The van der Waals surface area contributed by atoms with Crippen molar-refractivity contribution in [3.8, 4) is 5.75 Å². The molecule has 1 saturated heterocycles. The number of carbonyl (C=O) groups is 2. The molecule has 0 radical (unpaired) electrons. The van der Waals surface area contributed by atoms with Crippen molar-refractivity contribution in [3.05, 3.63) is 48.0 Å². The molecule has 2 N–H and O–H groups in total.